The van der Waals surface area contributed by atoms with Crippen molar-refractivity contribution >= 4 is 32.4 Å². The van der Waals surface area contributed by atoms with Gasteiger partial charge < -0.3 is 14.9 Å². The number of anilines is 2. The molecule has 0 unspecified atom stereocenters. The van der Waals surface area contributed by atoms with Crippen LogP contribution >= 0.6 is 0 Å². The molecule has 0 spiro atoms. The fraction of sp³-hybridized carbons (Fsp3) is 0.278. The van der Waals surface area contributed by atoms with E-state index in [1.54, 1.807) is 12.1 Å². The first-order chi connectivity index (χ1) is 12.5. The monoisotopic (exact) mass is 370 g/mol. The maximum atomic E-state index is 13.3. The molecule has 0 saturated carbocycles. The molecule has 2 N–H and O–H groups in total. The lowest BCUT2D eigenvalue weighted by Gasteiger charge is -2.41. The van der Waals surface area contributed by atoms with Crippen molar-refractivity contribution in [3.8, 4) is 0 Å². The number of H-pyrrole nitrogens is 2. The Labute approximate surface area is 150 Å². The fourth-order valence-electron chi connectivity index (χ4n) is 4.02. The normalized spacial score (nSPS) is 16.8. The van der Waals surface area contributed by atoms with Gasteiger partial charge in [0.05, 0.1) is 33.8 Å². The standard InChI is InChI=1S/C18H18N4O3S/c23-18-19-14-7-6-13(11-15(14)20-18)26(24,25)22-10-9-21-8-2-4-12-3-1-5-16(22)17(12)21/h1,3,5-7,11H,2,4,8-10H2,(H2,19,20,23). The quantitative estimate of drug-likeness (QED) is 0.720. The molecular weight excluding hydrogens is 352 g/mol. The first kappa shape index (κ1) is 15.5. The van der Waals surface area contributed by atoms with Gasteiger partial charge in [0, 0.05) is 13.1 Å². The molecule has 0 bridgehead atoms. The predicted octanol–water partition coefficient (Wildman–Crippen LogP) is 1.82. The Morgan fingerprint density at radius 1 is 0.962 bits per heavy atom. The highest BCUT2D eigenvalue weighted by Gasteiger charge is 2.34. The van der Waals surface area contributed by atoms with Gasteiger partial charge >= 0.3 is 5.69 Å². The van der Waals surface area contributed by atoms with Crippen molar-refractivity contribution in [2.75, 3.05) is 28.8 Å². The minimum Gasteiger partial charge on any atom is -0.368 e. The lowest BCUT2D eigenvalue weighted by atomic mass is 9.99. The Morgan fingerprint density at radius 3 is 2.69 bits per heavy atom. The number of nitrogens with one attached hydrogen (secondary N) is 2. The Balaban J connectivity index is 1.65. The van der Waals surface area contributed by atoms with Crippen molar-refractivity contribution in [3.63, 3.8) is 0 Å². The smallest absolute Gasteiger partial charge is 0.323 e. The largest absolute Gasteiger partial charge is 0.368 e. The van der Waals surface area contributed by atoms with E-state index in [0.717, 1.165) is 30.8 Å². The second kappa shape index (κ2) is 5.38. The van der Waals surface area contributed by atoms with Gasteiger partial charge in [-0.25, -0.2) is 13.2 Å². The molecule has 7 nitrogen and oxygen atoms in total. The van der Waals surface area contributed by atoms with Gasteiger partial charge in [-0.3, -0.25) is 4.31 Å². The number of aromatic amines is 2. The number of nitrogens with zero attached hydrogens (tertiary/aromatic N) is 2. The number of sulfonamides is 1. The molecule has 0 amide bonds. The SMILES string of the molecule is O=c1[nH]c2ccc(S(=O)(=O)N3CCN4CCCc5cccc3c54)cc2[nH]1. The molecular formula is C18H18N4O3S. The highest BCUT2D eigenvalue weighted by molar-refractivity contribution is 7.92. The van der Waals surface area contributed by atoms with Gasteiger partial charge in [-0.2, -0.15) is 0 Å². The average Bonchev–Trinajstić information content (AvgIpc) is 3.01. The van der Waals surface area contributed by atoms with Crippen molar-refractivity contribution in [3.05, 3.63) is 52.4 Å². The summed E-state index contributed by atoms with van der Waals surface area (Å²) in [6, 6.07) is 10.6. The highest BCUT2D eigenvalue weighted by Crippen LogP contribution is 2.41. The molecule has 26 heavy (non-hydrogen) atoms. The average molecular weight is 370 g/mol. The lowest BCUT2D eigenvalue weighted by molar-refractivity contribution is 0.586. The van der Waals surface area contributed by atoms with Crippen LogP contribution in [0.15, 0.2) is 46.1 Å². The molecule has 3 heterocycles. The van der Waals surface area contributed by atoms with E-state index in [1.165, 1.54) is 15.9 Å². The first-order valence-corrected chi connectivity index (χ1v) is 10.1. The molecule has 0 atom stereocenters. The summed E-state index contributed by atoms with van der Waals surface area (Å²) in [6.07, 6.45) is 2.07. The van der Waals surface area contributed by atoms with E-state index >= 15 is 0 Å². The number of benzene rings is 2. The van der Waals surface area contributed by atoms with Crippen LogP contribution in [0.25, 0.3) is 11.0 Å². The molecule has 0 aliphatic carbocycles. The number of aromatic nitrogens is 2. The molecule has 0 radical (unpaired) electrons. The second-order valence-electron chi connectivity index (χ2n) is 6.74. The van der Waals surface area contributed by atoms with Gasteiger partial charge in [0.2, 0.25) is 0 Å². The summed E-state index contributed by atoms with van der Waals surface area (Å²) in [5.41, 5.74) is 3.74. The van der Waals surface area contributed by atoms with Crippen LogP contribution in [0, 0.1) is 0 Å². The fourth-order valence-corrected chi connectivity index (χ4v) is 5.51. The van der Waals surface area contributed by atoms with E-state index in [-0.39, 0.29) is 10.6 Å². The summed E-state index contributed by atoms with van der Waals surface area (Å²) in [5.74, 6) is 0. The lowest BCUT2D eigenvalue weighted by Crippen LogP contribution is -2.46. The minimum atomic E-state index is -3.71. The Kier molecular flexibility index (Phi) is 3.21. The van der Waals surface area contributed by atoms with Gasteiger partial charge in [0.25, 0.3) is 10.0 Å². The number of rotatable bonds is 2. The van der Waals surface area contributed by atoms with Crippen LogP contribution < -0.4 is 14.9 Å². The molecule has 0 saturated heterocycles. The third kappa shape index (κ3) is 2.18. The van der Waals surface area contributed by atoms with Crippen LogP contribution in [-0.4, -0.2) is 38.0 Å². The topological polar surface area (TPSA) is 89.3 Å². The highest BCUT2D eigenvalue weighted by atomic mass is 32.2. The summed E-state index contributed by atoms with van der Waals surface area (Å²) in [5, 5.41) is 0. The van der Waals surface area contributed by atoms with E-state index in [9.17, 15) is 13.2 Å². The molecule has 8 heteroatoms. The van der Waals surface area contributed by atoms with Crippen LogP contribution in [0.5, 0.6) is 0 Å². The summed E-state index contributed by atoms with van der Waals surface area (Å²) in [6.45, 7) is 2.07. The number of para-hydroxylation sites is 1. The summed E-state index contributed by atoms with van der Waals surface area (Å²) >= 11 is 0. The maximum absolute atomic E-state index is 13.3. The molecule has 1 aromatic heterocycles. The molecule has 2 aliphatic heterocycles. The van der Waals surface area contributed by atoms with E-state index in [4.69, 9.17) is 0 Å². The molecule has 2 aromatic carbocycles. The van der Waals surface area contributed by atoms with Crippen LogP contribution in [0.4, 0.5) is 11.4 Å². The van der Waals surface area contributed by atoms with Crippen LogP contribution in [0.3, 0.4) is 0 Å². The number of imidazole rings is 1. The van der Waals surface area contributed by atoms with Crippen LogP contribution in [-0.2, 0) is 16.4 Å². The summed E-state index contributed by atoms with van der Waals surface area (Å²) in [4.78, 5) is 19.2. The maximum Gasteiger partial charge on any atom is 0.323 e. The van der Waals surface area contributed by atoms with Crippen molar-refractivity contribution in [1.82, 2.24) is 9.97 Å². The zero-order chi connectivity index (χ0) is 17.9. The zero-order valence-corrected chi connectivity index (χ0v) is 14.8. The van der Waals surface area contributed by atoms with Gasteiger partial charge in [-0.05, 0) is 42.7 Å². The summed E-state index contributed by atoms with van der Waals surface area (Å²) < 4.78 is 28.2. The number of hydrogen-bond donors (Lipinski definition) is 2. The second-order valence-corrected chi connectivity index (χ2v) is 8.60. The van der Waals surface area contributed by atoms with Crippen molar-refractivity contribution in [1.29, 1.82) is 0 Å². The van der Waals surface area contributed by atoms with E-state index in [0.29, 0.717) is 24.1 Å². The van der Waals surface area contributed by atoms with Crippen LogP contribution in [0.1, 0.15) is 12.0 Å². The Bertz CT molecular complexity index is 1180. The summed E-state index contributed by atoms with van der Waals surface area (Å²) in [7, 11) is -3.71. The number of hydrogen-bond acceptors (Lipinski definition) is 4. The van der Waals surface area contributed by atoms with Gasteiger partial charge in [0.1, 0.15) is 0 Å². The third-order valence-electron chi connectivity index (χ3n) is 5.21. The van der Waals surface area contributed by atoms with Crippen molar-refractivity contribution in [2.45, 2.75) is 17.7 Å². The Hall–Kier alpha value is -2.74. The minimum absolute atomic E-state index is 0.183. The van der Waals surface area contributed by atoms with Crippen molar-refractivity contribution < 1.29 is 8.42 Å². The van der Waals surface area contributed by atoms with Gasteiger partial charge in [-0.1, -0.05) is 12.1 Å². The molecule has 2 aliphatic rings. The number of fused-ring (bicyclic) bond motifs is 1. The van der Waals surface area contributed by atoms with E-state index in [1.807, 2.05) is 12.1 Å². The van der Waals surface area contributed by atoms with E-state index in [2.05, 4.69) is 20.9 Å². The van der Waals surface area contributed by atoms with Crippen molar-refractivity contribution in [2.24, 2.45) is 0 Å². The van der Waals surface area contributed by atoms with Gasteiger partial charge in [0.15, 0.2) is 0 Å². The molecule has 3 aromatic rings. The first-order valence-electron chi connectivity index (χ1n) is 8.66. The predicted molar refractivity (Wildman–Crippen MR) is 100 cm³/mol. The third-order valence-corrected chi connectivity index (χ3v) is 7.01. The van der Waals surface area contributed by atoms with Crippen LogP contribution in [0.2, 0.25) is 0 Å². The molecule has 5 rings (SSSR count). The molecule has 134 valence electrons. The molecule has 0 fully saturated rings. The van der Waals surface area contributed by atoms with E-state index < -0.39 is 10.0 Å². The van der Waals surface area contributed by atoms with Gasteiger partial charge in [-0.15, -0.1) is 0 Å². The number of aryl methyl sites for hydroxylation is 1. The zero-order valence-electron chi connectivity index (χ0n) is 14.0. The Morgan fingerprint density at radius 2 is 1.81 bits per heavy atom.